The molecule has 2 heterocycles. The second-order valence-electron chi connectivity index (χ2n) is 6.26. The third kappa shape index (κ3) is 3.84. The van der Waals surface area contributed by atoms with Gasteiger partial charge in [0.05, 0.1) is 27.5 Å². The van der Waals surface area contributed by atoms with Crippen molar-refractivity contribution in [3.63, 3.8) is 0 Å². The SMILES string of the molecule is Cc1ccc(S(=O)(=O)OCc2cnc3c(-c4cccc(Cl)c4F)[nH]nc3n2)cc1. The van der Waals surface area contributed by atoms with Crippen molar-refractivity contribution < 1.29 is 17.0 Å². The normalized spacial score (nSPS) is 11.8. The summed E-state index contributed by atoms with van der Waals surface area (Å²) in [5.74, 6) is -0.599. The van der Waals surface area contributed by atoms with Crippen molar-refractivity contribution in [3.8, 4) is 11.3 Å². The summed E-state index contributed by atoms with van der Waals surface area (Å²) >= 11 is 5.83. The van der Waals surface area contributed by atoms with Gasteiger partial charge in [-0.3, -0.25) is 9.28 Å². The molecule has 2 aromatic carbocycles. The monoisotopic (exact) mass is 432 g/mol. The lowest BCUT2D eigenvalue weighted by Crippen LogP contribution is -2.07. The van der Waals surface area contributed by atoms with E-state index < -0.39 is 15.9 Å². The Bertz CT molecular complexity index is 1310. The average molecular weight is 433 g/mol. The van der Waals surface area contributed by atoms with Crippen molar-refractivity contribution in [2.75, 3.05) is 0 Å². The van der Waals surface area contributed by atoms with Gasteiger partial charge in [-0.1, -0.05) is 35.4 Å². The summed E-state index contributed by atoms with van der Waals surface area (Å²) in [6.07, 6.45) is 1.36. The first-order chi connectivity index (χ1) is 13.8. The maximum absolute atomic E-state index is 14.3. The largest absolute Gasteiger partial charge is 0.297 e. The van der Waals surface area contributed by atoms with Crippen molar-refractivity contribution in [1.82, 2.24) is 20.2 Å². The quantitative estimate of drug-likeness (QED) is 0.478. The lowest BCUT2D eigenvalue weighted by Gasteiger charge is -2.06. The molecule has 7 nitrogen and oxygen atoms in total. The van der Waals surface area contributed by atoms with Crippen molar-refractivity contribution in [3.05, 3.63) is 70.8 Å². The first-order valence-corrected chi connectivity index (χ1v) is 10.2. The molecule has 0 atom stereocenters. The Hall–Kier alpha value is -2.88. The topological polar surface area (TPSA) is 97.8 Å². The molecule has 0 aliphatic rings. The Kier molecular flexibility index (Phi) is 5.03. The number of H-pyrrole nitrogens is 1. The van der Waals surface area contributed by atoms with Gasteiger partial charge in [-0.2, -0.15) is 13.5 Å². The first kappa shape index (κ1) is 19.4. The molecule has 0 unspecified atom stereocenters. The summed E-state index contributed by atoms with van der Waals surface area (Å²) in [5.41, 5.74) is 2.26. The molecule has 0 saturated carbocycles. The van der Waals surface area contributed by atoms with Gasteiger partial charge >= 0.3 is 0 Å². The Morgan fingerprint density at radius 1 is 1.17 bits per heavy atom. The number of nitrogens with one attached hydrogen (secondary N) is 1. The standard InChI is InChI=1S/C19H14ClFN4O3S/c1-11-5-7-13(8-6-11)29(26,27)28-10-12-9-22-18-17(24-25-19(18)23-12)14-3-2-4-15(20)16(14)21/h2-9H,10H2,1H3,(H,23,24,25). The maximum Gasteiger partial charge on any atom is 0.297 e. The summed E-state index contributed by atoms with van der Waals surface area (Å²) in [4.78, 5) is 8.52. The number of hydrogen-bond acceptors (Lipinski definition) is 6. The fourth-order valence-corrected chi connectivity index (χ4v) is 3.75. The predicted molar refractivity (Wildman–Crippen MR) is 105 cm³/mol. The Balaban J connectivity index is 1.59. The highest BCUT2D eigenvalue weighted by Gasteiger charge is 2.18. The van der Waals surface area contributed by atoms with Gasteiger partial charge in [-0.25, -0.2) is 14.4 Å². The van der Waals surface area contributed by atoms with Crippen LogP contribution < -0.4 is 0 Å². The van der Waals surface area contributed by atoms with Crippen LogP contribution in [0.4, 0.5) is 4.39 Å². The smallest absolute Gasteiger partial charge is 0.273 e. The van der Waals surface area contributed by atoms with Crippen LogP contribution in [-0.4, -0.2) is 28.6 Å². The molecule has 0 bridgehead atoms. The number of halogens is 2. The van der Waals surface area contributed by atoms with E-state index in [4.69, 9.17) is 15.8 Å². The highest BCUT2D eigenvalue weighted by atomic mass is 35.5. The summed E-state index contributed by atoms with van der Waals surface area (Å²) < 4.78 is 44.0. The van der Waals surface area contributed by atoms with Crippen molar-refractivity contribution in [2.24, 2.45) is 0 Å². The molecule has 29 heavy (non-hydrogen) atoms. The minimum atomic E-state index is -3.94. The molecule has 0 aliphatic heterocycles. The van der Waals surface area contributed by atoms with E-state index in [1.807, 2.05) is 6.92 Å². The van der Waals surface area contributed by atoms with E-state index in [-0.39, 0.29) is 33.4 Å². The maximum atomic E-state index is 14.3. The Morgan fingerprint density at radius 2 is 1.93 bits per heavy atom. The number of aromatic amines is 1. The molecular weight excluding hydrogens is 419 g/mol. The molecule has 0 amide bonds. The molecule has 0 spiro atoms. The van der Waals surface area contributed by atoms with E-state index in [1.165, 1.54) is 24.4 Å². The number of nitrogens with zero attached hydrogens (tertiary/aromatic N) is 3. The van der Waals surface area contributed by atoms with E-state index in [0.717, 1.165) is 5.56 Å². The molecule has 1 N–H and O–H groups in total. The molecule has 10 heteroatoms. The summed E-state index contributed by atoms with van der Waals surface area (Å²) in [5, 5.41) is 6.70. The number of benzene rings is 2. The molecule has 0 radical (unpaired) electrons. The van der Waals surface area contributed by atoms with Crippen LogP contribution in [0.1, 0.15) is 11.3 Å². The van der Waals surface area contributed by atoms with Gasteiger partial charge in [-0.15, -0.1) is 0 Å². The van der Waals surface area contributed by atoms with Gasteiger partial charge < -0.3 is 0 Å². The van der Waals surface area contributed by atoms with Crippen molar-refractivity contribution in [2.45, 2.75) is 18.4 Å². The van der Waals surface area contributed by atoms with Crippen LogP contribution in [0.2, 0.25) is 5.02 Å². The minimum Gasteiger partial charge on any atom is -0.273 e. The average Bonchev–Trinajstić information content (AvgIpc) is 3.12. The molecule has 0 saturated heterocycles. The second-order valence-corrected chi connectivity index (χ2v) is 8.29. The van der Waals surface area contributed by atoms with Crippen LogP contribution >= 0.6 is 11.6 Å². The number of fused-ring (bicyclic) bond motifs is 1. The van der Waals surface area contributed by atoms with Gasteiger partial charge in [0.2, 0.25) is 5.65 Å². The highest BCUT2D eigenvalue weighted by molar-refractivity contribution is 7.86. The lowest BCUT2D eigenvalue weighted by molar-refractivity contribution is 0.303. The number of aromatic nitrogens is 4. The van der Waals surface area contributed by atoms with Gasteiger partial charge in [0.15, 0.2) is 5.82 Å². The number of hydrogen-bond donors (Lipinski definition) is 1. The van der Waals surface area contributed by atoms with E-state index >= 15 is 0 Å². The van der Waals surface area contributed by atoms with Crippen LogP contribution in [0.3, 0.4) is 0 Å². The zero-order valence-electron chi connectivity index (χ0n) is 15.1. The second kappa shape index (κ2) is 7.51. The van der Waals surface area contributed by atoms with Crippen LogP contribution in [-0.2, 0) is 20.9 Å². The van der Waals surface area contributed by atoms with Gasteiger partial charge in [0, 0.05) is 5.56 Å². The van der Waals surface area contributed by atoms with Gasteiger partial charge in [0.1, 0.15) is 12.1 Å². The van der Waals surface area contributed by atoms with Crippen LogP contribution in [0.5, 0.6) is 0 Å². The zero-order chi connectivity index (χ0) is 20.6. The lowest BCUT2D eigenvalue weighted by atomic mass is 10.1. The van der Waals surface area contributed by atoms with Crippen LogP contribution in [0, 0.1) is 12.7 Å². The highest BCUT2D eigenvalue weighted by Crippen LogP contribution is 2.29. The fourth-order valence-electron chi connectivity index (χ4n) is 2.70. The molecule has 0 aliphatic carbocycles. The molecule has 0 fully saturated rings. The fraction of sp³-hybridized carbons (Fsp3) is 0.105. The van der Waals surface area contributed by atoms with Crippen molar-refractivity contribution >= 4 is 32.9 Å². The van der Waals surface area contributed by atoms with Gasteiger partial charge in [0.25, 0.3) is 10.1 Å². The van der Waals surface area contributed by atoms with Crippen LogP contribution in [0.25, 0.3) is 22.4 Å². The summed E-state index contributed by atoms with van der Waals surface area (Å²) in [6, 6.07) is 10.9. The first-order valence-electron chi connectivity index (χ1n) is 8.45. The summed E-state index contributed by atoms with van der Waals surface area (Å²) in [7, 11) is -3.94. The predicted octanol–water partition coefficient (Wildman–Crippen LogP) is 4.03. The number of rotatable bonds is 5. The Morgan fingerprint density at radius 3 is 2.69 bits per heavy atom. The third-order valence-corrected chi connectivity index (χ3v) is 5.78. The van der Waals surface area contributed by atoms with Crippen LogP contribution in [0.15, 0.2) is 53.6 Å². The van der Waals surface area contributed by atoms with E-state index in [9.17, 15) is 12.8 Å². The van der Waals surface area contributed by atoms with Crippen molar-refractivity contribution in [1.29, 1.82) is 0 Å². The van der Waals surface area contributed by atoms with E-state index in [2.05, 4.69) is 20.2 Å². The van der Waals surface area contributed by atoms with E-state index in [0.29, 0.717) is 11.2 Å². The van der Waals surface area contributed by atoms with Gasteiger partial charge in [-0.05, 0) is 31.2 Å². The summed E-state index contributed by atoms with van der Waals surface area (Å²) in [6.45, 7) is 1.54. The van der Waals surface area contributed by atoms with E-state index in [1.54, 1.807) is 24.3 Å². The number of aryl methyl sites for hydroxylation is 1. The molecular formula is C19H14ClFN4O3S. The molecule has 4 rings (SSSR count). The molecule has 2 aromatic heterocycles. The molecule has 148 valence electrons. The molecule has 4 aromatic rings. The Labute approximate surface area is 170 Å². The zero-order valence-corrected chi connectivity index (χ0v) is 16.6. The third-order valence-electron chi connectivity index (χ3n) is 4.21. The minimum absolute atomic E-state index is 0.0236.